The summed E-state index contributed by atoms with van der Waals surface area (Å²) < 4.78 is -0.289. The molecule has 0 saturated heterocycles. The molecule has 1 aromatic rings. The molecule has 0 amide bonds. The quantitative estimate of drug-likeness (QED) is 0.469. The van der Waals surface area contributed by atoms with E-state index in [1.807, 2.05) is 30.3 Å². The van der Waals surface area contributed by atoms with Gasteiger partial charge in [-0.05, 0) is 0 Å². The summed E-state index contributed by atoms with van der Waals surface area (Å²) >= 11 is 11.2. The van der Waals surface area contributed by atoms with E-state index in [0.717, 1.165) is 7.28 Å². The van der Waals surface area contributed by atoms with Gasteiger partial charge in [-0.3, -0.25) is 0 Å². The van der Waals surface area contributed by atoms with Gasteiger partial charge < -0.3 is 0 Å². The first-order valence-corrected chi connectivity index (χ1v) is 3.98. The van der Waals surface area contributed by atoms with Crippen LogP contribution in [0.3, 0.4) is 0 Å². The normalized spacial score (nSPS) is 9.90. The van der Waals surface area contributed by atoms with Gasteiger partial charge in [0.15, 0.2) is 7.28 Å². The summed E-state index contributed by atoms with van der Waals surface area (Å²) in [4.78, 5) is 0. The molecule has 0 fully saturated rings. The fourth-order valence-corrected chi connectivity index (χ4v) is 1.15. The zero-order chi connectivity index (χ0) is 7.40. The van der Waals surface area contributed by atoms with Crippen LogP contribution in [0.2, 0.25) is 0 Å². The fraction of sp³-hybridized carbons (Fsp3) is 0.143. The average molecular weight is 173 g/mol. The molecule has 3 heteroatoms. The van der Waals surface area contributed by atoms with Crippen molar-refractivity contribution >= 4 is 35.9 Å². The zero-order valence-electron chi connectivity index (χ0n) is 5.43. The van der Waals surface area contributed by atoms with E-state index in [-0.39, 0.29) is 4.74 Å². The van der Waals surface area contributed by atoms with Gasteiger partial charge in [-0.2, -0.15) is 0 Å². The van der Waals surface area contributed by atoms with Gasteiger partial charge in [0.25, 0.3) is 0 Å². The van der Waals surface area contributed by atoms with Crippen LogP contribution in [0.4, 0.5) is 0 Å². The van der Waals surface area contributed by atoms with Crippen molar-refractivity contribution in [2.75, 3.05) is 0 Å². The maximum Gasteiger partial charge on any atom is 0.198 e. The lowest BCUT2D eigenvalue weighted by atomic mass is 9.73. The number of hydrogen-bond donors (Lipinski definition) is 0. The average Bonchev–Trinajstić information content (AvgIpc) is 1.88. The van der Waals surface area contributed by atoms with Gasteiger partial charge in [-0.15, -0.1) is 23.2 Å². The van der Waals surface area contributed by atoms with Gasteiger partial charge in [0.2, 0.25) is 0 Å². The molecule has 0 N–H and O–H groups in total. The van der Waals surface area contributed by atoms with Crippen molar-refractivity contribution in [2.45, 2.75) is 4.74 Å². The first-order valence-electron chi connectivity index (χ1n) is 3.11. The van der Waals surface area contributed by atoms with Crippen LogP contribution in [0.15, 0.2) is 30.3 Å². The summed E-state index contributed by atoms with van der Waals surface area (Å²) in [6.07, 6.45) is 0. The molecule has 10 heavy (non-hydrogen) atoms. The third-order valence-corrected chi connectivity index (χ3v) is 1.54. The lowest BCUT2D eigenvalue weighted by molar-refractivity contribution is 1.75. The lowest BCUT2D eigenvalue weighted by Crippen LogP contribution is -2.19. The molecule has 0 aliphatic heterocycles. The summed E-state index contributed by atoms with van der Waals surface area (Å²) in [6.45, 7) is 0. The van der Waals surface area contributed by atoms with Gasteiger partial charge >= 0.3 is 0 Å². The molecular formula is C7H7BCl2. The van der Waals surface area contributed by atoms with Gasteiger partial charge in [0.05, 0.1) is 4.74 Å². The SMILES string of the molecule is ClC(Cl)Bc1ccccc1. The van der Waals surface area contributed by atoms with E-state index in [0.29, 0.717) is 0 Å². The minimum absolute atomic E-state index is 0.289. The van der Waals surface area contributed by atoms with Crippen molar-refractivity contribution in [3.63, 3.8) is 0 Å². The number of benzene rings is 1. The molecule has 0 saturated carbocycles. The molecule has 1 rings (SSSR count). The molecule has 1 aromatic carbocycles. The van der Waals surface area contributed by atoms with E-state index in [2.05, 4.69) is 0 Å². The van der Waals surface area contributed by atoms with Crippen LogP contribution in [0.1, 0.15) is 0 Å². The third kappa shape index (κ3) is 2.63. The van der Waals surface area contributed by atoms with Crippen LogP contribution >= 0.6 is 23.2 Å². The maximum absolute atomic E-state index is 5.58. The Bertz CT molecular complexity index is 186. The molecular weight excluding hydrogens is 166 g/mol. The van der Waals surface area contributed by atoms with Gasteiger partial charge in [-0.1, -0.05) is 35.8 Å². The summed E-state index contributed by atoms with van der Waals surface area (Å²) in [5, 5.41) is 0. The highest BCUT2D eigenvalue weighted by atomic mass is 35.5. The van der Waals surface area contributed by atoms with Crippen LogP contribution in [0.25, 0.3) is 0 Å². The number of alkyl halides is 2. The minimum atomic E-state index is -0.289. The minimum Gasteiger partial charge on any atom is -0.115 e. The molecule has 0 aliphatic rings. The first kappa shape index (κ1) is 7.97. The smallest absolute Gasteiger partial charge is 0.115 e. The predicted molar refractivity (Wildman–Crippen MR) is 48.7 cm³/mol. The summed E-state index contributed by atoms with van der Waals surface area (Å²) in [7, 11) is 0.726. The molecule has 0 heterocycles. The van der Waals surface area contributed by atoms with E-state index in [1.54, 1.807) is 0 Å². The van der Waals surface area contributed by atoms with Crippen molar-refractivity contribution in [1.29, 1.82) is 0 Å². The molecule has 0 aliphatic carbocycles. The van der Waals surface area contributed by atoms with Gasteiger partial charge in [0.1, 0.15) is 0 Å². The van der Waals surface area contributed by atoms with E-state index in [1.165, 1.54) is 5.46 Å². The first-order chi connectivity index (χ1) is 4.79. The second-order valence-electron chi connectivity index (χ2n) is 2.08. The van der Waals surface area contributed by atoms with E-state index >= 15 is 0 Å². The van der Waals surface area contributed by atoms with Crippen LogP contribution in [0, 0.1) is 0 Å². The maximum atomic E-state index is 5.58. The number of hydrogen-bond acceptors (Lipinski definition) is 0. The molecule has 0 atom stereocenters. The molecule has 0 radical (unpaired) electrons. The number of rotatable bonds is 2. The van der Waals surface area contributed by atoms with Crippen molar-refractivity contribution in [2.24, 2.45) is 0 Å². The van der Waals surface area contributed by atoms with Crippen molar-refractivity contribution < 1.29 is 0 Å². The van der Waals surface area contributed by atoms with Crippen LogP contribution < -0.4 is 5.46 Å². The Balaban J connectivity index is 2.59. The fourth-order valence-electron chi connectivity index (χ4n) is 0.792. The van der Waals surface area contributed by atoms with E-state index in [4.69, 9.17) is 23.2 Å². The predicted octanol–water partition coefficient (Wildman–Crippen LogP) is 1.51. The van der Waals surface area contributed by atoms with Crippen LogP contribution in [-0.2, 0) is 0 Å². The van der Waals surface area contributed by atoms with Crippen molar-refractivity contribution in [3.05, 3.63) is 30.3 Å². The molecule has 0 aromatic heterocycles. The summed E-state index contributed by atoms with van der Waals surface area (Å²) in [5.74, 6) is 0. The van der Waals surface area contributed by atoms with E-state index in [9.17, 15) is 0 Å². The van der Waals surface area contributed by atoms with Crippen LogP contribution in [0.5, 0.6) is 0 Å². The second-order valence-corrected chi connectivity index (χ2v) is 3.36. The zero-order valence-corrected chi connectivity index (χ0v) is 6.94. The van der Waals surface area contributed by atoms with Gasteiger partial charge in [0, 0.05) is 0 Å². The molecule has 52 valence electrons. The van der Waals surface area contributed by atoms with Crippen molar-refractivity contribution in [1.82, 2.24) is 0 Å². The Morgan fingerprint density at radius 1 is 1.10 bits per heavy atom. The highest BCUT2D eigenvalue weighted by Gasteiger charge is 2.01. The summed E-state index contributed by atoms with van der Waals surface area (Å²) in [6, 6.07) is 9.95. The van der Waals surface area contributed by atoms with Crippen molar-refractivity contribution in [3.8, 4) is 0 Å². The standard InChI is InChI=1S/C7H7BCl2/c9-7(10)8-6-4-2-1-3-5-6/h1-5,7-8H. The second kappa shape index (κ2) is 3.90. The van der Waals surface area contributed by atoms with Gasteiger partial charge in [-0.25, -0.2) is 0 Å². The van der Waals surface area contributed by atoms with E-state index < -0.39 is 0 Å². The Morgan fingerprint density at radius 3 is 2.20 bits per heavy atom. The Morgan fingerprint density at radius 2 is 1.70 bits per heavy atom. The molecule has 0 nitrogen and oxygen atoms in total. The number of halogens is 2. The Labute approximate surface area is 71.4 Å². The Hall–Kier alpha value is -0.135. The summed E-state index contributed by atoms with van der Waals surface area (Å²) in [5.41, 5.74) is 1.18. The molecule has 0 bridgehead atoms. The highest BCUT2D eigenvalue weighted by molar-refractivity contribution is 6.75. The van der Waals surface area contributed by atoms with Crippen LogP contribution in [-0.4, -0.2) is 12.0 Å². The topological polar surface area (TPSA) is 0 Å². The molecule has 0 spiro atoms. The molecule has 0 unspecified atom stereocenters. The third-order valence-electron chi connectivity index (χ3n) is 1.23. The highest BCUT2D eigenvalue weighted by Crippen LogP contribution is 1.97. The monoisotopic (exact) mass is 172 g/mol. The largest absolute Gasteiger partial charge is 0.198 e. The Kier molecular flexibility index (Phi) is 3.10. The lowest BCUT2D eigenvalue weighted by Gasteiger charge is -1.96.